The molecule has 0 aliphatic heterocycles. The van der Waals surface area contributed by atoms with Crippen molar-refractivity contribution in [2.75, 3.05) is 17.6 Å². The maximum Gasteiger partial charge on any atom is 0.151 e. The third-order valence-electron chi connectivity index (χ3n) is 2.29. The first-order chi connectivity index (χ1) is 6.94. The molecule has 4 nitrogen and oxygen atoms in total. The van der Waals surface area contributed by atoms with Crippen LogP contribution in [0.15, 0.2) is 12.1 Å². The fourth-order valence-corrected chi connectivity index (χ4v) is 1.13. The topological polar surface area (TPSA) is 71.2 Å². The smallest absolute Gasteiger partial charge is 0.151 e. The number of aliphatic hydroxyl groups is 1. The van der Waals surface area contributed by atoms with Crippen LogP contribution in [0.25, 0.3) is 0 Å². The number of nitrogens with two attached hydrogens (primary N) is 1. The van der Waals surface area contributed by atoms with E-state index in [1.807, 2.05) is 6.92 Å². The molecule has 1 aromatic heterocycles. The molecule has 5 heteroatoms. The number of anilines is 2. The van der Waals surface area contributed by atoms with Gasteiger partial charge >= 0.3 is 0 Å². The summed E-state index contributed by atoms with van der Waals surface area (Å²) in [5.74, 6) is 0.510. The molecule has 0 aromatic carbocycles. The minimum atomic E-state index is -0.767. The fourth-order valence-electron chi connectivity index (χ4n) is 0.987. The van der Waals surface area contributed by atoms with Gasteiger partial charge in [-0.15, -0.1) is 0 Å². The van der Waals surface area contributed by atoms with Gasteiger partial charge in [-0.2, -0.15) is 0 Å². The molecular weight excluding hydrogens is 214 g/mol. The summed E-state index contributed by atoms with van der Waals surface area (Å²) in [6.07, 6.45) is 0.653. The van der Waals surface area contributed by atoms with E-state index in [1.165, 1.54) is 0 Å². The Morgan fingerprint density at radius 3 is 2.87 bits per heavy atom. The Morgan fingerprint density at radius 1 is 1.60 bits per heavy atom. The molecule has 1 rings (SSSR count). The minimum absolute atomic E-state index is 0.378. The Labute approximate surface area is 94.5 Å². The van der Waals surface area contributed by atoms with Gasteiger partial charge in [-0.1, -0.05) is 18.5 Å². The first-order valence-corrected chi connectivity index (χ1v) is 5.20. The number of hydrogen-bond donors (Lipinski definition) is 3. The number of aromatic nitrogens is 1. The highest BCUT2D eigenvalue weighted by Gasteiger charge is 2.17. The van der Waals surface area contributed by atoms with Gasteiger partial charge in [-0.3, -0.25) is 0 Å². The second kappa shape index (κ2) is 4.68. The lowest BCUT2D eigenvalue weighted by Crippen LogP contribution is -2.32. The Kier molecular flexibility index (Phi) is 3.77. The SMILES string of the molecule is CCC(C)(O)CNc1nc(Cl)ccc1N. The molecule has 0 radical (unpaired) electrons. The van der Waals surface area contributed by atoms with E-state index >= 15 is 0 Å². The van der Waals surface area contributed by atoms with Crippen molar-refractivity contribution in [1.82, 2.24) is 4.98 Å². The van der Waals surface area contributed by atoms with Crippen LogP contribution in [-0.4, -0.2) is 22.2 Å². The molecule has 0 spiro atoms. The van der Waals surface area contributed by atoms with Gasteiger partial charge in [0.05, 0.1) is 11.3 Å². The molecule has 0 aliphatic carbocycles. The quantitative estimate of drug-likeness (QED) is 0.690. The highest BCUT2D eigenvalue weighted by molar-refractivity contribution is 6.29. The average Bonchev–Trinajstić information content (AvgIpc) is 2.20. The molecule has 15 heavy (non-hydrogen) atoms. The van der Waals surface area contributed by atoms with Crippen LogP contribution >= 0.6 is 11.6 Å². The van der Waals surface area contributed by atoms with Crippen LogP contribution in [0.4, 0.5) is 11.5 Å². The summed E-state index contributed by atoms with van der Waals surface area (Å²) in [5.41, 5.74) is 5.45. The number of nitrogen functional groups attached to an aromatic ring is 1. The average molecular weight is 230 g/mol. The molecule has 0 aliphatic rings. The van der Waals surface area contributed by atoms with Gasteiger partial charge in [0.2, 0.25) is 0 Å². The zero-order chi connectivity index (χ0) is 11.5. The van der Waals surface area contributed by atoms with E-state index in [4.69, 9.17) is 17.3 Å². The number of pyridine rings is 1. The lowest BCUT2D eigenvalue weighted by molar-refractivity contribution is 0.0697. The number of rotatable bonds is 4. The lowest BCUT2D eigenvalue weighted by atomic mass is 10.0. The predicted molar refractivity (Wildman–Crippen MR) is 63.1 cm³/mol. The van der Waals surface area contributed by atoms with Gasteiger partial charge in [0, 0.05) is 6.54 Å². The molecule has 1 atom stereocenters. The number of nitrogens with zero attached hydrogens (tertiary/aromatic N) is 1. The lowest BCUT2D eigenvalue weighted by Gasteiger charge is -2.22. The number of hydrogen-bond acceptors (Lipinski definition) is 4. The van der Waals surface area contributed by atoms with Crippen molar-refractivity contribution in [2.45, 2.75) is 25.9 Å². The van der Waals surface area contributed by atoms with Crippen LogP contribution in [-0.2, 0) is 0 Å². The summed E-state index contributed by atoms with van der Waals surface area (Å²) in [5, 5.41) is 13.1. The van der Waals surface area contributed by atoms with Gasteiger partial charge in [-0.05, 0) is 25.5 Å². The normalized spacial score (nSPS) is 14.7. The molecule has 0 fully saturated rings. The van der Waals surface area contributed by atoms with E-state index < -0.39 is 5.60 Å². The summed E-state index contributed by atoms with van der Waals surface area (Å²) >= 11 is 5.73. The van der Waals surface area contributed by atoms with Crippen molar-refractivity contribution in [2.24, 2.45) is 0 Å². The van der Waals surface area contributed by atoms with Crippen molar-refractivity contribution in [3.8, 4) is 0 Å². The van der Waals surface area contributed by atoms with Crippen molar-refractivity contribution in [1.29, 1.82) is 0 Å². The van der Waals surface area contributed by atoms with Gasteiger partial charge < -0.3 is 16.2 Å². The third kappa shape index (κ3) is 3.57. The van der Waals surface area contributed by atoms with E-state index in [0.717, 1.165) is 0 Å². The van der Waals surface area contributed by atoms with E-state index in [2.05, 4.69) is 10.3 Å². The monoisotopic (exact) mass is 229 g/mol. The van der Waals surface area contributed by atoms with Crippen LogP contribution in [0.2, 0.25) is 5.15 Å². The maximum absolute atomic E-state index is 9.78. The van der Waals surface area contributed by atoms with Crippen LogP contribution in [0.5, 0.6) is 0 Å². The first-order valence-electron chi connectivity index (χ1n) is 4.83. The molecule has 4 N–H and O–H groups in total. The van der Waals surface area contributed by atoms with Gasteiger partial charge in [0.15, 0.2) is 5.82 Å². The standard InChI is InChI=1S/C10H16ClN3O/c1-3-10(2,15)6-13-9-7(12)4-5-8(11)14-9/h4-5,15H,3,6,12H2,1-2H3,(H,13,14). The maximum atomic E-state index is 9.78. The summed E-state index contributed by atoms with van der Waals surface area (Å²) < 4.78 is 0. The molecule has 0 saturated heterocycles. The molecule has 1 aromatic rings. The molecular formula is C10H16ClN3O. The predicted octanol–water partition coefficient (Wildman–Crippen LogP) is 1.89. The summed E-state index contributed by atoms with van der Waals surface area (Å²) in [6.45, 7) is 4.05. The zero-order valence-corrected chi connectivity index (χ0v) is 9.67. The van der Waals surface area contributed by atoms with Gasteiger partial charge in [0.25, 0.3) is 0 Å². The summed E-state index contributed by atoms with van der Waals surface area (Å²) in [6, 6.07) is 3.30. The highest BCUT2D eigenvalue weighted by Crippen LogP contribution is 2.19. The molecule has 1 unspecified atom stereocenters. The van der Waals surface area contributed by atoms with Crippen LogP contribution in [0, 0.1) is 0 Å². The molecule has 84 valence electrons. The Morgan fingerprint density at radius 2 is 2.27 bits per heavy atom. The van der Waals surface area contributed by atoms with Crippen LogP contribution in [0.1, 0.15) is 20.3 Å². The third-order valence-corrected chi connectivity index (χ3v) is 2.50. The van der Waals surface area contributed by atoms with Crippen molar-refractivity contribution >= 4 is 23.1 Å². The molecule has 0 saturated carbocycles. The molecule has 0 amide bonds. The zero-order valence-electron chi connectivity index (χ0n) is 8.92. The summed E-state index contributed by atoms with van der Waals surface area (Å²) in [7, 11) is 0. The number of nitrogens with one attached hydrogen (secondary N) is 1. The first kappa shape index (κ1) is 12.1. The number of halogens is 1. The van der Waals surface area contributed by atoms with E-state index in [-0.39, 0.29) is 0 Å². The second-order valence-electron chi connectivity index (χ2n) is 3.78. The van der Waals surface area contributed by atoms with Crippen molar-refractivity contribution < 1.29 is 5.11 Å². The molecule has 0 bridgehead atoms. The van der Waals surface area contributed by atoms with E-state index in [9.17, 15) is 5.11 Å². The molecule has 1 heterocycles. The second-order valence-corrected chi connectivity index (χ2v) is 4.16. The minimum Gasteiger partial charge on any atom is -0.396 e. The van der Waals surface area contributed by atoms with Gasteiger partial charge in [-0.25, -0.2) is 4.98 Å². The van der Waals surface area contributed by atoms with E-state index in [1.54, 1.807) is 19.1 Å². The van der Waals surface area contributed by atoms with Crippen LogP contribution < -0.4 is 11.1 Å². The van der Waals surface area contributed by atoms with Crippen LogP contribution in [0.3, 0.4) is 0 Å². The highest BCUT2D eigenvalue weighted by atomic mass is 35.5. The summed E-state index contributed by atoms with van der Waals surface area (Å²) in [4.78, 5) is 4.03. The van der Waals surface area contributed by atoms with Gasteiger partial charge in [0.1, 0.15) is 5.15 Å². The Balaban J connectivity index is 2.69. The van der Waals surface area contributed by atoms with Crippen molar-refractivity contribution in [3.63, 3.8) is 0 Å². The van der Waals surface area contributed by atoms with E-state index in [0.29, 0.717) is 29.6 Å². The van der Waals surface area contributed by atoms with Crippen molar-refractivity contribution in [3.05, 3.63) is 17.3 Å². The largest absolute Gasteiger partial charge is 0.396 e. The Bertz CT molecular complexity index is 341. The fraction of sp³-hybridized carbons (Fsp3) is 0.500. The Hall–Kier alpha value is -1.00.